The third-order valence-corrected chi connectivity index (χ3v) is 3.24. The fraction of sp³-hybridized carbons (Fsp3) is 0.294. The second kappa shape index (κ2) is 7.07. The third kappa shape index (κ3) is 4.19. The summed E-state index contributed by atoms with van der Waals surface area (Å²) in [5.74, 6) is 0. The summed E-state index contributed by atoms with van der Waals surface area (Å²) >= 11 is 0. The van der Waals surface area contributed by atoms with Crippen LogP contribution >= 0.6 is 0 Å². The summed E-state index contributed by atoms with van der Waals surface area (Å²) in [6.07, 6.45) is 1.79. The number of ether oxygens (including phenoxy) is 1. The maximum Gasteiger partial charge on any atom is 0.0715 e. The van der Waals surface area contributed by atoms with Gasteiger partial charge < -0.3 is 10.5 Å². The van der Waals surface area contributed by atoms with E-state index >= 15 is 0 Å². The highest BCUT2D eigenvalue weighted by Gasteiger charge is 2.08. The van der Waals surface area contributed by atoms with Crippen molar-refractivity contribution in [3.63, 3.8) is 0 Å². The van der Waals surface area contributed by atoms with Crippen molar-refractivity contribution in [3.8, 4) is 0 Å². The molecular formula is C17H21NO. The summed E-state index contributed by atoms with van der Waals surface area (Å²) in [6.45, 7) is 0.647. The van der Waals surface area contributed by atoms with Crippen molar-refractivity contribution in [1.29, 1.82) is 0 Å². The van der Waals surface area contributed by atoms with Crippen molar-refractivity contribution in [2.24, 2.45) is 5.73 Å². The van der Waals surface area contributed by atoms with E-state index in [1.807, 2.05) is 12.1 Å². The highest BCUT2D eigenvalue weighted by Crippen LogP contribution is 2.13. The van der Waals surface area contributed by atoms with Gasteiger partial charge in [-0.1, -0.05) is 54.6 Å². The van der Waals surface area contributed by atoms with Crippen LogP contribution in [0.5, 0.6) is 0 Å². The predicted molar refractivity (Wildman–Crippen MR) is 79.0 cm³/mol. The van der Waals surface area contributed by atoms with E-state index in [1.54, 1.807) is 7.11 Å². The van der Waals surface area contributed by atoms with Crippen LogP contribution in [0.15, 0.2) is 54.6 Å². The van der Waals surface area contributed by atoms with E-state index in [9.17, 15) is 0 Å². The van der Waals surface area contributed by atoms with Crippen molar-refractivity contribution in [2.75, 3.05) is 7.11 Å². The summed E-state index contributed by atoms with van der Waals surface area (Å²) in [4.78, 5) is 0. The molecule has 1 unspecified atom stereocenters. The van der Waals surface area contributed by atoms with Crippen LogP contribution in [-0.2, 0) is 24.2 Å². The summed E-state index contributed by atoms with van der Waals surface area (Å²) in [5.41, 5.74) is 10.1. The molecule has 2 heteroatoms. The molecule has 0 aliphatic carbocycles. The van der Waals surface area contributed by atoms with Crippen LogP contribution in [0.3, 0.4) is 0 Å². The fourth-order valence-electron chi connectivity index (χ4n) is 2.32. The van der Waals surface area contributed by atoms with Gasteiger partial charge in [0.1, 0.15) is 0 Å². The molecule has 19 heavy (non-hydrogen) atoms. The molecule has 1 atom stereocenters. The maximum absolute atomic E-state index is 6.26. The molecule has 0 saturated heterocycles. The summed E-state index contributed by atoms with van der Waals surface area (Å²) in [7, 11) is 1.72. The highest BCUT2D eigenvalue weighted by atomic mass is 16.5. The van der Waals surface area contributed by atoms with Crippen molar-refractivity contribution in [1.82, 2.24) is 0 Å². The first kappa shape index (κ1) is 13.8. The lowest BCUT2D eigenvalue weighted by atomic mass is 9.97. The van der Waals surface area contributed by atoms with E-state index in [0.29, 0.717) is 6.61 Å². The topological polar surface area (TPSA) is 35.2 Å². The lowest BCUT2D eigenvalue weighted by Gasteiger charge is -2.14. The zero-order valence-corrected chi connectivity index (χ0v) is 11.4. The molecule has 2 rings (SSSR count). The van der Waals surface area contributed by atoms with Gasteiger partial charge in [-0.25, -0.2) is 0 Å². The zero-order valence-electron chi connectivity index (χ0n) is 11.4. The van der Waals surface area contributed by atoms with Gasteiger partial charge in [-0.05, 0) is 29.5 Å². The van der Waals surface area contributed by atoms with Gasteiger partial charge in [0.2, 0.25) is 0 Å². The average molecular weight is 255 g/mol. The van der Waals surface area contributed by atoms with Crippen molar-refractivity contribution in [2.45, 2.75) is 25.5 Å². The minimum atomic E-state index is 0.139. The van der Waals surface area contributed by atoms with Gasteiger partial charge in [-0.3, -0.25) is 0 Å². The Morgan fingerprint density at radius 3 is 2.21 bits per heavy atom. The summed E-state index contributed by atoms with van der Waals surface area (Å²) < 4.78 is 5.23. The molecule has 2 N–H and O–H groups in total. The van der Waals surface area contributed by atoms with E-state index in [0.717, 1.165) is 12.8 Å². The van der Waals surface area contributed by atoms with E-state index < -0.39 is 0 Å². The predicted octanol–water partition coefficient (Wildman–Crippen LogP) is 2.95. The van der Waals surface area contributed by atoms with Gasteiger partial charge in [-0.2, -0.15) is 0 Å². The minimum absolute atomic E-state index is 0.139. The van der Waals surface area contributed by atoms with Crippen molar-refractivity contribution >= 4 is 0 Å². The fourth-order valence-corrected chi connectivity index (χ4v) is 2.32. The van der Waals surface area contributed by atoms with Crippen LogP contribution in [-0.4, -0.2) is 13.2 Å². The first-order valence-corrected chi connectivity index (χ1v) is 6.65. The number of benzene rings is 2. The van der Waals surface area contributed by atoms with Gasteiger partial charge in [-0.15, -0.1) is 0 Å². The molecule has 0 aliphatic rings. The largest absolute Gasteiger partial charge is 0.380 e. The molecular weight excluding hydrogens is 234 g/mol. The molecule has 0 saturated carbocycles. The Morgan fingerprint density at radius 1 is 0.895 bits per heavy atom. The van der Waals surface area contributed by atoms with Crippen LogP contribution < -0.4 is 5.73 Å². The quantitative estimate of drug-likeness (QED) is 0.861. The number of methoxy groups -OCH3 is 1. The van der Waals surface area contributed by atoms with Crippen molar-refractivity contribution in [3.05, 3.63) is 71.3 Å². The number of nitrogens with two attached hydrogens (primary N) is 1. The molecule has 0 radical (unpaired) electrons. The molecule has 0 amide bonds. The van der Waals surface area contributed by atoms with Gasteiger partial charge in [0.15, 0.2) is 0 Å². The molecule has 0 fully saturated rings. The minimum Gasteiger partial charge on any atom is -0.380 e. The number of hydrogen-bond donors (Lipinski definition) is 1. The molecule has 2 aromatic carbocycles. The van der Waals surface area contributed by atoms with Gasteiger partial charge >= 0.3 is 0 Å². The molecule has 2 nitrogen and oxygen atoms in total. The molecule has 0 heterocycles. The average Bonchev–Trinajstić information content (AvgIpc) is 2.42. The molecule has 0 bridgehead atoms. The summed E-state index contributed by atoms with van der Waals surface area (Å²) in [6, 6.07) is 18.9. The standard InChI is InChI=1S/C17H21NO/c1-19-13-16-10-6-5-9-15(16)12-17(18)11-14-7-3-2-4-8-14/h2-10,17H,11-13,18H2,1H3. The molecule has 100 valence electrons. The lowest BCUT2D eigenvalue weighted by Crippen LogP contribution is -2.26. The van der Waals surface area contributed by atoms with E-state index in [2.05, 4.69) is 42.5 Å². The Kier molecular flexibility index (Phi) is 5.13. The Hall–Kier alpha value is -1.64. The van der Waals surface area contributed by atoms with Crippen LogP contribution in [0.25, 0.3) is 0 Å². The first-order valence-electron chi connectivity index (χ1n) is 6.65. The molecule has 0 aliphatic heterocycles. The Balaban J connectivity index is 2.00. The van der Waals surface area contributed by atoms with Gasteiger partial charge in [0.05, 0.1) is 6.61 Å². The zero-order chi connectivity index (χ0) is 13.5. The Labute approximate surface area is 115 Å². The smallest absolute Gasteiger partial charge is 0.0715 e. The maximum atomic E-state index is 6.26. The monoisotopic (exact) mass is 255 g/mol. The van der Waals surface area contributed by atoms with Gasteiger partial charge in [0.25, 0.3) is 0 Å². The summed E-state index contributed by atoms with van der Waals surface area (Å²) in [5, 5.41) is 0. The SMILES string of the molecule is COCc1ccccc1CC(N)Cc1ccccc1. The lowest BCUT2D eigenvalue weighted by molar-refractivity contribution is 0.184. The number of hydrogen-bond acceptors (Lipinski definition) is 2. The van der Waals surface area contributed by atoms with Crippen molar-refractivity contribution < 1.29 is 4.74 Å². The third-order valence-electron chi connectivity index (χ3n) is 3.24. The van der Waals surface area contributed by atoms with E-state index in [4.69, 9.17) is 10.5 Å². The Morgan fingerprint density at radius 2 is 1.53 bits per heavy atom. The van der Waals surface area contributed by atoms with E-state index in [-0.39, 0.29) is 6.04 Å². The second-order valence-electron chi connectivity index (χ2n) is 4.86. The van der Waals surface area contributed by atoms with Crippen LogP contribution in [0.1, 0.15) is 16.7 Å². The van der Waals surface area contributed by atoms with Crippen LogP contribution in [0.2, 0.25) is 0 Å². The van der Waals surface area contributed by atoms with Gasteiger partial charge in [0, 0.05) is 13.2 Å². The van der Waals surface area contributed by atoms with Crippen LogP contribution in [0.4, 0.5) is 0 Å². The van der Waals surface area contributed by atoms with E-state index in [1.165, 1.54) is 16.7 Å². The highest BCUT2D eigenvalue weighted by molar-refractivity contribution is 5.28. The van der Waals surface area contributed by atoms with Crippen LogP contribution in [0, 0.1) is 0 Å². The molecule has 2 aromatic rings. The molecule has 0 aromatic heterocycles. The first-order chi connectivity index (χ1) is 9.29. The molecule has 0 spiro atoms. The normalized spacial score (nSPS) is 12.3. The number of rotatable bonds is 6. The Bertz CT molecular complexity index is 496. The second-order valence-corrected chi connectivity index (χ2v) is 4.86.